The van der Waals surface area contributed by atoms with Gasteiger partial charge in [-0.2, -0.15) is 0 Å². The van der Waals surface area contributed by atoms with E-state index in [1.807, 2.05) is 57.3 Å². The second-order valence-electron chi connectivity index (χ2n) is 9.93. The molecule has 1 aliphatic rings. The number of aromatic nitrogens is 2. The van der Waals surface area contributed by atoms with Crippen molar-refractivity contribution in [2.75, 3.05) is 10.2 Å². The molecule has 1 aliphatic heterocycles. The number of rotatable bonds is 6. The van der Waals surface area contributed by atoms with E-state index in [0.29, 0.717) is 11.2 Å². The number of amides is 1. The third-order valence-corrected chi connectivity index (χ3v) is 7.04. The molecule has 0 saturated carbocycles. The predicted molar refractivity (Wildman–Crippen MR) is 147 cm³/mol. The van der Waals surface area contributed by atoms with Crippen molar-refractivity contribution in [2.45, 2.75) is 66.6 Å². The van der Waals surface area contributed by atoms with Crippen LogP contribution in [0.4, 0.5) is 11.4 Å². The van der Waals surface area contributed by atoms with Crippen molar-refractivity contribution in [3.8, 4) is 0 Å². The number of carbonyl (C=O) groups excluding carboxylic acids is 1. The minimum atomic E-state index is -0.0922. The first-order chi connectivity index (χ1) is 16.6. The fraction of sp³-hybridized carbons (Fsp3) is 0.393. The summed E-state index contributed by atoms with van der Waals surface area (Å²) in [5.41, 5.74) is 7.45. The number of aryl methyl sites for hydroxylation is 2. The van der Waals surface area contributed by atoms with Gasteiger partial charge in [0, 0.05) is 40.9 Å². The molecule has 1 saturated heterocycles. The van der Waals surface area contributed by atoms with Crippen molar-refractivity contribution >= 4 is 34.6 Å². The molecule has 0 unspecified atom stereocenters. The van der Waals surface area contributed by atoms with Crippen LogP contribution in [0.25, 0.3) is 0 Å². The van der Waals surface area contributed by atoms with Gasteiger partial charge >= 0.3 is 0 Å². The third kappa shape index (κ3) is 4.69. The summed E-state index contributed by atoms with van der Waals surface area (Å²) in [6, 6.07) is 14.6. The number of nitrogens with zero attached hydrogens (tertiary/aromatic N) is 3. The Morgan fingerprint density at radius 3 is 2.40 bits per heavy atom. The van der Waals surface area contributed by atoms with Crippen LogP contribution in [0.15, 0.2) is 48.7 Å². The summed E-state index contributed by atoms with van der Waals surface area (Å²) in [5, 5.41) is 7.24. The highest BCUT2D eigenvalue weighted by Gasteiger charge is 2.42. The average molecular weight is 490 g/mol. The molecule has 6 nitrogen and oxygen atoms in total. The summed E-state index contributed by atoms with van der Waals surface area (Å²) in [5.74, 6) is -0.0717. The molecule has 0 bridgehead atoms. The van der Waals surface area contributed by atoms with E-state index >= 15 is 0 Å². The maximum atomic E-state index is 12.3. The largest absolute Gasteiger partial charge is 0.351 e. The Balaban J connectivity index is 1.81. The fourth-order valence-electron chi connectivity index (χ4n) is 5.06. The minimum absolute atomic E-state index is 0.00780. The Labute approximate surface area is 213 Å². The predicted octanol–water partition coefficient (Wildman–Crippen LogP) is 6.16. The van der Waals surface area contributed by atoms with Crippen LogP contribution < -0.4 is 15.5 Å². The summed E-state index contributed by atoms with van der Waals surface area (Å²) >= 11 is 5.90. The van der Waals surface area contributed by atoms with Crippen LogP contribution in [-0.2, 0) is 4.79 Å². The molecule has 3 aromatic rings. The highest BCUT2D eigenvalue weighted by atomic mass is 32.1. The van der Waals surface area contributed by atoms with E-state index < -0.39 is 0 Å². The highest BCUT2D eigenvalue weighted by molar-refractivity contribution is 7.80. The Kier molecular flexibility index (Phi) is 6.99. The van der Waals surface area contributed by atoms with Crippen LogP contribution in [0.3, 0.4) is 0 Å². The van der Waals surface area contributed by atoms with Gasteiger partial charge in [0.1, 0.15) is 0 Å². The smallest absolute Gasteiger partial charge is 0.226 e. The quantitative estimate of drug-likeness (QED) is 0.406. The van der Waals surface area contributed by atoms with E-state index in [0.717, 1.165) is 22.6 Å². The zero-order valence-corrected chi connectivity index (χ0v) is 22.4. The molecule has 2 N–H and O–H groups in total. The molecule has 1 fully saturated rings. The second kappa shape index (κ2) is 9.82. The number of hydrogen-bond acceptors (Lipinski definition) is 3. The molecule has 2 atom stereocenters. The lowest BCUT2D eigenvalue weighted by atomic mass is 9.96. The van der Waals surface area contributed by atoms with Crippen LogP contribution in [0.1, 0.15) is 74.0 Å². The molecule has 7 heteroatoms. The molecule has 1 aromatic carbocycles. The molecule has 4 rings (SSSR count). The lowest BCUT2D eigenvalue weighted by Crippen LogP contribution is -2.29. The number of thiocarbonyl (C=S) groups is 1. The van der Waals surface area contributed by atoms with E-state index in [4.69, 9.17) is 12.2 Å². The van der Waals surface area contributed by atoms with Gasteiger partial charge in [-0.15, -0.1) is 0 Å². The van der Waals surface area contributed by atoms with Gasteiger partial charge in [0.2, 0.25) is 5.91 Å². The molecule has 2 aromatic heterocycles. The number of pyridine rings is 1. The first kappa shape index (κ1) is 24.9. The minimum Gasteiger partial charge on any atom is -0.351 e. The molecule has 0 radical (unpaired) electrons. The van der Waals surface area contributed by atoms with Gasteiger partial charge in [-0.3, -0.25) is 9.78 Å². The first-order valence-electron chi connectivity index (χ1n) is 12.2. The Hall–Kier alpha value is -3.19. The van der Waals surface area contributed by atoms with Crippen LogP contribution >= 0.6 is 12.2 Å². The lowest BCUT2D eigenvalue weighted by Gasteiger charge is -2.29. The SMILES string of the molecule is Cc1cc(N2C(=S)N[C@H](c3ccccn3)[C@H]2c2cc(C)n(C(C)C)c2C)ccc1NC(=O)C(C)C. The van der Waals surface area contributed by atoms with Crippen molar-refractivity contribution in [1.29, 1.82) is 0 Å². The van der Waals surface area contributed by atoms with Gasteiger partial charge < -0.3 is 20.1 Å². The van der Waals surface area contributed by atoms with Crippen molar-refractivity contribution in [1.82, 2.24) is 14.9 Å². The number of anilines is 2. The zero-order chi connectivity index (χ0) is 25.4. The van der Waals surface area contributed by atoms with Crippen molar-refractivity contribution < 1.29 is 4.79 Å². The van der Waals surface area contributed by atoms with E-state index in [2.05, 4.69) is 64.9 Å². The summed E-state index contributed by atoms with van der Waals surface area (Å²) < 4.78 is 2.38. The topological polar surface area (TPSA) is 62.2 Å². The van der Waals surface area contributed by atoms with E-state index in [1.54, 1.807) is 0 Å². The first-order valence-corrected chi connectivity index (χ1v) is 12.6. The molecular weight excluding hydrogens is 454 g/mol. The van der Waals surface area contributed by atoms with Crippen LogP contribution in [0.2, 0.25) is 0 Å². The van der Waals surface area contributed by atoms with Gasteiger partial charge in [-0.25, -0.2) is 0 Å². The van der Waals surface area contributed by atoms with Gasteiger partial charge in [0.25, 0.3) is 0 Å². The molecule has 1 amide bonds. The maximum absolute atomic E-state index is 12.3. The number of hydrogen-bond donors (Lipinski definition) is 2. The Morgan fingerprint density at radius 2 is 1.83 bits per heavy atom. The average Bonchev–Trinajstić information content (AvgIpc) is 3.30. The molecule has 0 spiro atoms. The summed E-state index contributed by atoms with van der Waals surface area (Å²) in [6.07, 6.45) is 1.83. The van der Waals surface area contributed by atoms with Crippen molar-refractivity contribution in [2.24, 2.45) is 5.92 Å². The van der Waals surface area contributed by atoms with Gasteiger partial charge in [0.05, 0.1) is 17.8 Å². The van der Waals surface area contributed by atoms with Crippen LogP contribution in [-0.4, -0.2) is 20.6 Å². The fourth-order valence-corrected chi connectivity index (χ4v) is 5.41. The van der Waals surface area contributed by atoms with Crippen LogP contribution in [0, 0.1) is 26.7 Å². The maximum Gasteiger partial charge on any atom is 0.226 e. The monoisotopic (exact) mass is 489 g/mol. The molecule has 0 aliphatic carbocycles. The van der Waals surface area contributed by atoms with Crippen LogP contribution in [0.5, 0.6) is 0 Å². The molecular formula is C28H35N5OS. The normalized spacial score (nSPS) is 17.9. The van der Waals surface area contributed by atoms with E-state index in [-0.39, 0.29) is 23.9 Å². The Morgan fingerprint density at radius 1 is 1.09 bits per heavy atom. The standard InChI is InChI=1S/C28H35N5OS/c1-16(2)27(34)30-23-12-11-21(14-18(23)5)33-26(22-15-19(6)32(17(3)4)20(22)7)25(31-28(33)35)24-10-8-9-13-29-24/h8-17,25-26H,1-7H3,(H,30,34)(H,31,35)/t25-,26-/m1/s1. The van der Waals surface area contributed by atoms with Crippen molar-refractivity contribution in [3.63, 3.8) is 0 Å². The molecule has 35 heavy (non-hydrogen) atoms. The van der Waals surface area contributed by atoms with E-state index in [1.165, 1.54) is 17.0 Å². The third-order valence-electron chi connectivity index (χ3n) is 6.73. The Bertz CT molecular complexity index is 1250. The number of benzene rings is 1. The number of carbonyl (C=O) groups is 1. The molecule has 3 heterocycles. The van der Waals surface area contributed by atoms with Gasteiger partial charge in [-0.05, 0) is 94.4 Å². The highest BCUT2D eigenvalue weighted by Crippen LogP contribution is 2.44. The zero-order valence-electron chi connectivity index (χ0n) is 21.6. The second-order valence-corrected chi connectivity index (χ2v) is 10.3. The summed E-state index contributed by atoms with van der Waals surface area (Å²) in [7, 11) is 0. The number of nitrogens with one attached hydrogen (secondary N) is 2. The van der Waals surface area contributed by atoms with Crippen molar-refractivity contribution in [3.05, 3.63) is 76.9 Å². The summed E-state index contributed by atoms with van der Waals surface area (Å²) in [4.78, 5) is 19.1. The lowest BCUT2D eigenvalue weighted by molar-refractivity contribution is -0.118. The van der Waals surface area contributed by atoms with E-state index in [9.17, 15) is 4.79 Å². The summed E-state index contributed by atoms with van der Waals surface area (Å²) in [6.45, 7) is 14.6. The van der Waals surface area contributed by atoms with Gasteiger partial charge in [0.15, 0.2) is 5.11 Å². The van der Waals surface area contributed by atoms with Gasteiger partial charge in [-0.1, -0.05) is 19.9 Å². The molecule has 184 valence electrons.